The van der Waals surface area contributed by atoms with E-state index in [1.54, 1.807) is 23.1 Å². The first-order valence-corrected chi connectivity index (χ1v) is 8.54. The molecule has 3 rings (SSSR count). The second-order valence-electron chi connectivity index (χ2n) is 4.75. The molecule has 2 amide bonds. The van der Waals surface area contributed by atoms with Gasteiger partial charge in [-0.05, 0) is 40.2 Å². The van der Waals surface area contributed by atoms with Crippen molar-refractivity contribution in [2.24, 2.45) is 5.41 Å². The van der Waals surface area contributed by atoms with Crippen molar-refractivity contribution in [1.29, 1.82) is 0 Å². The van der Waals surface area contributed by atoms with E-state index in [1.165, 1.54) is 4.90 Å². The van der Waals surface area contributed by atoms with Crippen LogP contribution in [-0.4, -0.2) is 28.2 Å². The van der Waals surface area contributed by atoms with Gasteiger partial charge in [-0.25, -0.2) is 0 Å². The maximum Gasteiger partial charge on any atom is 0.237 e. The summed E-state index contributed by atoms with van der Waals surface area (Å²) in [5.74, 6) is 1.84. The molecule has 0 aromatic carbocycles. The Morgan fingerprint density at radius 1 is 1.39 bits per heavy atom. The molecule has 2 saturated heterocycles. The summed E-state index contributed by atoms with van der Waals surface area (Å²) in [5.41, 5.74) is -0.379. The molecule has 2 aliphatic rings. The summed E-state index contributed by atoms with van der Waals surface area (Å²) >= 11 is 6.76. The van der Waals surface area contributed by atoms with E-state index in [1.807, 2.05) is 12.1 Å². The Kier molecular flexibility index (Phi) is 3.28. The summed E-state index contributed by atoms with van der Waals surface area (Å²) in [5, 5.41) is 0. The Bertz CT molecular complexity index is 508. The highest BCUT2D eigenvalue weighted by atomic mass is 79.9. The van der Waals surface area contributed by atoms with Gasteiger partial charge in [-0.1, -0.05) is 0 Å². The number of amides is 2. The highest BCUT2D eigenvalue weighted by Gasteiger charge is 2.52. The van der Waals surface area contributed by atoms with Crippen LogP contribution in [-0.2, 0) is 16.1 Å². The number of carbonyl (C=O) groups is 2. The van der Waals surface area contributed by atoms with Gasteiger partial charge in [0.1, 0.15) is 0 Å². The summed E-state index contributed by atoms with van der Waals surface area (Å²) in [6, 6.07) is 3.91. The standard InChI is InChI=1S/C12H12BrNO2S2/c13-9-2-1-8(18-9)6-14-10(15)5-12(11(14)16)3-4-17-7-12/h1-2H,3-7H2/t12-/m0/s1. The molecule has 18 heavy (non-hydrogen) atoms. The summed E-state index contributed by atoms with van der Waals surface area (Å²) in [6.45, 7) is 0.431. The van der Waals surface area contributed by atoms with Gasteiger partial charge in [-0.3, -0.25) is 14.5 Å². The van der Waals surface area contributed by atoms with Crippen molar-refractivity contribution in [2.75, 3.05) is 11.5 Å². The number of thiophene rings is 1. The predicted molar refractivity (Wildman–Crippen MR) is 76.6 cm³/mol. The molecule has 0 saturated carbocycles. The first-order valence-electron chi connectivity index (χ1n) is 5.77. The number of imide groups is 1. The number of hydrogen-bond acceptors (Lipinski definition) is 4. The highest BCUT2D eigenvalue weighted by molar-refractivity contribution is 9.11. The van der Waals surface area contributed by atoms with Crippen molar-refractivity contribution in [3.05, 3.63) is 20.8 Å². The molecule has 1 aromatic heterocycles. The molecule has 1 spiro atoms. The van der Waals surface area contributed by atoms with Crippen molar-refractivity contribution in [2.45, 2.75) is 19.4 Å². The molecular formula is C12H12BrNO2S2. The van der Waals surface area contributed by atoms with E-state index in [2.05, 4.69) is 15.9 Å². The fraction of sp³-hybridized carbons (Fsp3) is 0.500. The average molecular weight is 346 g/mol. The van der Waals surface area contributed by atoms with Crippen LogP contribution in [0.15, 0.2) is 15.9 Å². The largest absolute Gasteiger partial charge is 0.277 e. The fourth-order valence-electron chi connectivity index (χ4n) is 2.53. The van der Waals surface area contributed by atoms with Gasteiger partial charge in [0.2, 0.25) is 11.8 Å². The number of rotatable bonds is 2. The zero-order valence-electron chi connectivity index (χ0n) is 9.65. The van der Waals surface area contributed by atoms with Crippen molar-refractivity contribution in [3.63, 3.8) is 0 Å². The van der Waals surface area contributed by atoms with Crippen LogP contribution in [0.25, 0.3) is 0 Å². The molecule has 2 aliphatic heterocycles. The van der Waals surface area contributed by atoms with E-state index in [0.29, 0.717) is 13.0 Å². The molecule has 6 heteroatoms. The van der Waals surface area contributed by atoms with Gasteiger partial charge < -0.3 is 0 Å². The summed E-state index contributed by atoms with van der Waals surface area (Å²) in [6.07, 6.45) is 1.26. The molecule has 3 heterocycles. The third-order valence-corrected chi connectivity index (χ3v) is 6.39. The normalized spacial score (nSPS) is 27.7. The number of thioether (sulfide) groups is 1. The molecule has 3 nitrogen and oxygen atoms in total. The van der Waals surface area contributed by atoms with Crippen molar-refractivity contribution < 1.29 is 9.59 Å². The number of halogens is 1. The summed E-state index contributed by atoms with van der Waals surface area (Å²) in [4.78, 5) is 27.0. The molecule has 0 N–H and O–H groups in total. The Labute approximate surface area is 122 Å². The van der Waals surface area contributed by atoms with Crippen LogP contribution in [0.4, 0.5) is 0 Å². The van der Waals surface area contributed by atoms with Crippen molar-refractivity contribution in [1.82, 2.24) is 4.90 Å². The van der Waals surface area contributed by atoms with E-state index >= 15 is 0 Å². The van der Waals surface area contributed by atoms with E-state index in [9.17, 15) is 9.59 Å². The minimum absolute atomic E-state index is 0.00739. The second-order valence-corrected chi connectivity index (χ2v) is 8.40. The van der Waals surface area contributed by atoms with E-state index < -0.39 is 0 Å². The zero-order chi connectivity index (χ0) is 12.8. The van der Waals surface area contributed by atoms with Gasteiger partial charge in [-0.15, -0.1) is 11.3 Å². The third-order valence-electron chi connectivity index (χ3n) is 3.54. The van der Waals surface area contributed by atoms with Gasteiger partial charge in [0.15, 0.2) is 0 Å². The Morgan fingerprint density at radius 3 is 2.83 bits per heavy atom. The van der Waals surface area contributed by atoms with Gasteiger partial charge in [0.25, 0.3) is 0 Å². The maximum atomic E-state index is 12.4. The molecule has 96 valence electrons. The van der Waals surface area contributed by atoms with Crippen LogP contribution in [0, 0.1) is 5.41 Å². The Morgan fingerprint density at radius 2 is 2.22 bits per heavy atom. The van der Waals surface area contributed by atoms with E-state index in [-0.39, 0.29) is 17.2 Å². The highest BCUT2D eigenvalue weighted by Crippen LogP contribution is 2.45. The number of nitrogens with zero attached hydrogens (tertiary/aromatic N) is 1. The van der Waals surface area contributed by atoms with Crippen molar-refractivity contribution in [3.8, 4) is 0 Å². The lowest BCUT2D eigenvalue weighted by atomic mass is 9.86. The average Bonchev–Trinajstić information content (AvgIpc) is 2.99. The molecule has 1 aromatic rings. The number of likely N-dealkylation sites (tertiary alicyclic amines) is 1. The first-order chi connectivity index (χ1) is 8.61. The minimum atomic E-state index is -0.379. The van der Waals surface area contributed by atoms with E-state index in [4.69, 9.17) is 0 Å². The Balaban J connectivity index is 1.80. The SMILES string of the molecule is O=C1C[C@]2(CCSC2)C(=O)N1Cc1ccc(Br)s1. The molecule has 1 atom stereocenters. The lowest BCUT2D eigenvalue weighted by Crippen LogP contribution is -2.35. The van der Waals surface area contributed by atoms with Crippen LogP contribution < -0.4 is 0 Å². The Hall–Kier alpha value is -0.330. The number of carbonyl (C=O) groups excluding carboxylic acids is 2. The summed E-state index contributed by atoms with van der Waals surface area (Å²) in [7, 11) is 0. The number of hydrogen-bond donors (Lipinski definition) is 0. The molecule has 0 unspecified atom stereocenters. The van der Waals surface area contributed by atoms with Crippen LogP contribution in [0.3, 0.4) is 0 Å². The summed E-state index contributed by atoms with van der Waals surface area (Å²) < 4.78 is 1.03. The maximum absolute atomic E-state index is 12.4. The second kappa shape index (κ2) is 4.65. The van der Waals surface area contributed by atoms with Gasteiger partial charge in [0.05, 0.1) is 15.7 Å². The first kappa shape index (κ1) is 12.7. The molecule has 0 aliphatic carbocycles. The minimum Gasteiger partial charge on any atom is -0.277 e. The topological polar surface area (TPSA) is 37.4 Å². The lowest BCUT2D eigenvalue weighted by Gasteiger charge is -2.19. The smallest absolute Gasteiger partial charge is 0.237 e. The predicted octanol–water partition coefficient (Wildman–Crippen LogP) is 2.89. The lowest BCUT2D eigenvalue weighted by molar-refractivity contribution is -0.141. The molecule has 2 fully saturated rings. The van der Waals surface area contributed by atoms with Gasteiger partial charge in [0, 0.05) is 17.1 Å². The van der Waals surface area contributed by atoms with Crippen LogP contribution in [0.5, 0.6) is 0 Å². The molecule has 0 radical (unpaired) electrons. The molecular weight excluding hydrogens is 334 g/mol. The van der Waals surface area contributed by atoms with E-state index in [0.717, 1.165) is 26.6 Å². The van der Waals surface area contributed by atoms with Crippen LogP contribution in [0.1, 0.15) is 17.7 Å². The van der Waals surface area contributed by atoms with Crippen LogP contribution >= 0.6 is 39.0 Å². The van der Waals surface area contributed by atoms with Gasteiger partial charge in [-0.2, -0.15) is 11.8 Å². The third kappa shape index (κ3) is 2.04. The zero-order valence-corrected chi connectivity index (χ0v) is 12.9. The van der Waals surface area contributed by atoms with Gasteiger partial charge >= 0.3 is 0 Å². The van der Waals surface area contributed by atoms with Crippen LogP contribution in [0.2, 0.25) is 0 Å². The monoisotopic (exact) mass is 345 g/mol. The molecule has 0 bridgehead atoms. The quantitative estimate of drug-likeness (QED) is 0.773. The van der Waals surface area contributed by atoms with Crippen molar-refractivity contribution >= 4 is 50.8 Å². The fourth-order valence-corrected chi connectivity index (χ4v) is 5.44.